The highest BCUT2D eigenvalue weighted by molar-refractivity contribution is 5.30. The van der Waals surface area contributed by atoms with Gasteiger partial charge in [-0.25, -0.2) is 4.79 Å². The van der Waals surface area contributed by atoms with E-state index >= 15 is 0 Å². The van der Waals surface area contributed by atoms with E-state index in [9.17, 15) is 4.79 Å². The molecule has 3 rings (SSSR count). The van der Waals surface area contributed by atoms with Crippen LogP contribution in [-0.4, -0.2) is 29.7 Å². The van der Waals surface area contributed by atoms with Crippen LogP contribution in [0.15, 0.2) is 4.79 Å². The minimum absolute atomic E-state index is 0.229. The van der Waals surface area contributed by atoms with Crippen LogP contribution < -0.4 is 11.0 Å². The van der Waals surface area contributed by atoms with Gasteiger partial charge in [-0.3, -0.25) is 0 Å². The van der Waals surface area contributed by atoms with Gasteiger partial charge in [-0.2, -0.15) is 4.98 Å². The van der Waals surface area contributed by atoms with Gasteiger partial charge in [-0.05, 0) is 31.4 Å². The largest absolute Gasteiger partial charge is 0.381 e. The smallest absolute Gasteiger partial charge is 0.345 e. The lowest BCUT2D eigenvalue weighted by Crippen LogP contribution is -2.32. The monoisotopic (exact) mass is 235 g/mol. The first-order chi connectivity index (χ1) is 8.34. The van der Waals surface area contributed by atoms with Crippen LogP contribution in [0, 0.1) is 0 Å². The molecule has 1 atom stereocenters. The molecule has 0 spiro atoms. The molecule has 2 aliphatic rings. The van der Waals surface area contributed by atoms with Gasteiger partial charge in [-0.1, -0.05) is 0 Å². The van der Waals surface area contributed by atoms with Crippen molar-refractivity contribution in [3.05, 3.63) is 27.4 Å². The standard InChI is InChI=1S/C12H17N3O2/c16-12-14-10-6-13-4-3-9(10)11(15-12)8-2-1-5-17-7-8/h8,13H,1-7H2,(H,14,15,16). The lowest BCUT2D eigenvalue weighted by atomic mass is 9.91. The zero-order valence-electron chi connectivity index (χ0n) is 9.79. The maximum atomic E-state index is 11.6. The molecule has 92 valence electrons. The normalized spacial score (nSPS) is 24.4. The van der Waals surface area contributed by atoms with E-state index in [1.165, 1.54) is 5.56 Å². The van der Waals surface area contributed by atoms with Gasteiger partial charge in [-0.15, -0.1) is 0 Å². The predicted molar refractivity (Wildman–Crippen MR) is 63.1 cm³/mol. The molecule has 0 aliphatic carbocycles. The van der Waals surface area contributed by atoms with Crippen LogP contribution in [-0.2, 0) is 17.7 Å². The molecule has 2 N–H and O–H groups in total. The molecule has 1 aromatic heterocycles. The summed E-state index contributed by atoms with van der Waals surface area (Å²) in [6, 6.07) is 0. The average molecular weight is 235 g/mol. The van der Waals surface area contributed by atoms with Gasteiger partial charge in [0.2, 0.25) is 0 Å². The minimum Gasteiger partial charge on any atom is -0.381 e. The van der Waals surface area contributed by atoms with Crippen molar-refractivity contribution in [2.75, 3.05) is 19.8 Å². The number of fused-ring (bicyclic) bond motifs is 1. The van der Waals surface area contributed by atoms with Gasteiger partial charge >= 0.3 is 5.69 Å². The summed E-state index contributed by atoms with van der Waals surface area (Å²) in [4.78, 5) is 18.6. The number of nitrogens with zero attached hydrogens (tertiary/aromatic N) is 1. The maximum absolute atomic E-state index is 11.6. The third kappa shape index (κ3) is 2.12. The molecule has 1 saturated heterocycles. The van der Waals surface area contributed by atoms with Crippen molar-refractivity contribution in [2.45, 2.75) is 31.7 Å². The number of aromatic amines is 1. The van der Waals surface area contributed by atoms with Crippen molar-refractivity contribution in [1.29, 1.82) is 0 Å². The van der Waals surface area contributed by atoms with E-state index in [0.29, 0.717) is 12.5 Å². The van der Waals surface area contributed by atoms with Gasteiger partial charge in [0, 0.05) is 24.8 Å². The van der Waals surface area contributed by atoms with Crippen LogP contribution in [0.3, 0.4) is 0 Å². The minimum atomic E-state index is -0.229. The van der Waals surface area contributed by atoms with Crippen LogP contribution in [0.4, 0.5) is 0 Å². The molecule has 0 radical (unpaired) electrons. The second-order valence-corrected chi connectivity index (χ2v) is 4.73. The van der Waals surface area contributed by atoms with Gasteiger partial charge < -0.3 is 15.0 Å². The summed E-state index contributed by atoms with van der Waals surface area (Å²) >= 11 is 0. The molecule has 5 nitrogen and oxygen atoms in total. The summed E-state index contributed by atoms with van der Waals surface area (Å²) in [5.41, 5.74) is 2.99. The van der Waals surface area contributed by atoms with Crippen molar-refractivity contribution in [3.8, 4) is 0 Å². The van der Waals surface area contributed by atoms with Gasteiger partial charge in [0.25, 0.3) is 0 Å². The molecule has 0 amide bonds. The van der Waals surface area contributed by atoms with Crippen molar-refractivity contribution >= 4 is 0 Å². The molecule has 17 heavy (non-hydrogen) atoms. The highest BCUT2D eigenvalue weighted by Gasteiger charge is 2.24. The van der Waals surface area contributed by atoms with Gasteiger partial charge in [0.1, 0.15) is 0 Å². The molecule has 5 heteroatoms. The molecule has 1 aromatic rings. The summed E-state index contributed by atoms with van der Waals surface area (Å²) in [6.07, 6.45) is 3.09. The van der Waals surface area contributed by atoms with Crippen LogP contribution >= 0.6 is 0 Å². The predicted octanol–water partition coefficient (Wildman–Crippen LogP) is 0.310. The summed E-state index contributed by atoms with van der Waals surface area (Å²) < 4.78 is 5.50. The van der Waals surface area contributed by atoms with Crippen molar-refractivity contribution in [1.82, 2.24) is 15.3 Å². The van der Waals surface area contributed by atoms with E-state index in [1.54, 1.807) is 0 Å². The summed E-state index contributed by atoms with van der Waals surface area (Å²) in [5.74, 6) is 0.304. The van der Waals surface area contributed by atoms with E-state index in [-0.39, 0.29) is 5.69 Å². The van der Waals surface area contributed by atoms with Crippen LogP contribution in [0.5, 0.6) is 0 Å². The zero-order valence-corrected chi connectivity index (χ0v) is 9.79. The van der Waals surface area contributed by atoms with E-state index in [1.807, 2.05) is 0 Å². The Morgan fingerprint density at radius 2 is 2.35 bits per heavy atom. The number of hydrogen-bond donors (Lipinski definition) is 2. The highest BCUT2D eigenvalue weighted by Crippen LogP contribution is 2.27. The first-order valence-corrected chi connectivity index (χ1v) is 6.25. The fraction of sp³-hybridized carbons (Fsp3) is 0.667. The molecule has 0 aromatic carbocycles. The number of H-pyrrole nitrogens is 1. The third-order valence-corrected chi connectivity index (χ3v) is 3.55. The molecular weight excluding hydrogens is 218 g/mol. The quantitative estimate of drug-likeness (QED) is 0.735. The Labute approximate surface area is 99.6 Å². The number of aromatic nitrogens is 2. The van der Waals surface area contributed by atoms with Gasteiger partial charge in [0.15, 0.2) is 0 Å². The van der Waals surface area contributed by atoms with E-state index < -0.39 is 0 Å². The average Bonchev–Trinajstić information content (AvgIpc) is 2.39. The Morgan fingerprint density at radius 3 is 3.18 bits per heavy atom. The molecule has 3 heterocycles. The fourth-order valence-electron chi connectivity index (χ4n) is 2.71. The Balaban J connectivity index is 2.01. The number of hydrogen-bond acceptors (Lipinski definition) is 4. The fourth-order valence-corrected chi connectivity index (χ4v) is 2.71. The SMILES string of the molecule is O=c1nc(C2CCCOC2)c2c([nH]1)CNCC2. The van der Waals surface area contributed by atoms with Crippen molar-refractivity contribution in [2.24, 2.45) is 0 Å². The lowest BCUT2D eigenvalue weighted by molar-refractivity contribution is 0.0788. The third-order valence-electron chi connectivity index (χ3n) is 3.55. The summed E-state index contributed by atoms with van der Waals surface area (Å²) in [7, 11) is 0. The molecule has 1 unspecified atom stereocenters. The van der Waals surface area contributed by atoms with Crippen molar-refractivity contribution in [3.63, 3.8) is 0 Å². The summed E-state index contributed by atoms with van der Waals surface area (Å²) in [5, 5.41) is 3.27. The van der Waals surface area contributed by atoms with E-state index in [2.05, 4.69) is 15.3 Å². The zero-order chi connectivity index (χ0) is 11.7. The van der Waals surface area contributed by atoms with Crippen LogP contribution in [0.1, 0.15) is 35.7 Å². The van der Waals surface area contributed by atoms with Crippen LogP contribution in [0.25, 0.3) is 0 Å². The second-order valence-electron chi connectivity index (χ2n) is 4.73. The van der Waals surface area contributed by atoms with Crippen LogP contribution in [0.2, 0.25) is 0 Å². The van der Waals surface area contributed by atoms with E-state index in [4.69, 9.17) is 4.74 Å². The Hall–Kier alpha value is -1.20. The molecule has 0 saturated carbocycles. The van der Waals surface area contributed by atoms with E-state index in [0.717, 1.165) is 50.3 Å². The number of nitrogens with one attached hydrogen (secondary N) is 2. The molecule has 1 fully saturated rings. The molecular formula is C12H17N3O2. The van der Waals surface area contributed by atoms with Gasteiger partial charge in [0.05, 0.1) is 12.3 Å². The number of rotatable bonds is 1. The number of ether oxygens (including phenoxy) is 1. The molecule has 0 bridgehead atoms. The first kappa shape index (κ1) is 10.9. The lowest BCUT2D eigenvalue weighted by Gasteiger charge is -2.26. The maximum Gasteiger partial charge on any atom is 0.345 e. The Morgan fingerprint density at radius 1 is 1.41 bits per heavy atom. The Kier molecular flexibility index (Phi) is 2.94. The Bertz CT molecular complexity index is 463. The second kappa shape index (κ2) is 4.58. The molecule has 2 aliphatic heterocycles. The topological polar surface area (TPSA) is 67.0 Å². The first-order valence-electron chi connectivity index (χ1n) is 6.25. The van der Waals surface area contributed by atoms with Crippen molar-refractivity contribution < 1.29 is 4.74 Å². The summed E-state index contributed by atoms with van der Waals surface area (Å²) in [6.45, 7) is 3.24. The highest BCUT2D eigenvalue weighted by atomic mass is 16.5.